The van der Waals surface area contributed by atoms with Crippen molar-refractivity contribution in [2.75, 3.05) is 5.32 Å². The van der Waals surface area contributed by atoms with E-state index in [0.29, 0.717) is 18.7 Å². The number of nitrogens with zero attached hydrogens (tertiary/aromatic N) is 2. The minimum Gasteiger partial charge on any atom is -0.393 e. The van der Waals surface area contributed by atoms with E-state index >= 15 is 0 Å². The van der Waals surface area contributed by atoms with Crippen LogP contribution in [0.1, 0.15) is 40.0 Å². The Morgan fingerprint density at radius 2 is 2.21 bits per heavy atom. The molecule has 0 aliphatic carbocycles. The lowest BCUT2D eigenvalue weighted by atomic mass is 10.1. The van der Waals surface area contributed by atoms with Crippen molar-refractivity contribution in [1.82, 2.24) is 9.78 Å². The molecule has 0 saturated heterocycles. The van der Waals surface area contributed by atoms with E-state index in [9.17, 15) is 9.90 Å². The second kappa shape index (κ2) is 7.50. The van der Waals surface area contributed by atoms with Gasteiger partial charge in [0.1, 0.15) is 5.02 Å². The summed E-state index contributed by atoms with van der Waals surface area (Å²) in [7, 11) is 0. The van der Waals surface area contributed by atoms with E-state index in [1.165, 1.54) is 4.68 Å². The lowest BCUT2D eigenvalue weighted by Gasteiger charge is -2.17. The second-order valence-electron chi connectivity index (χ2n) is 4.88. The third-order valence-electron chi connectivity index (χ3n) is 2.80. The maximum atomic E-state index is 12.0. The average Bonchev–Trinajstić information content (AvgIpc) is 2.33. The van der Waals surface area contributed by atoms with Crippen LogP contribution < -0.4 is 10.9 Å². The summed E-state index contributed by atoms with van der Waals surface area (Å²) >= 11 is 6.06. The number of hydrogen-bond acceptors (Lipinski definition) is 4. The monoisotopic (exact) mass is 287 g/mol. The van der Waals surface area contributed by atoms with E-state index in [2.05, 4.69) is 17.3 Å². The highest BCUT2D eigenvalue weighted by Crippen LogP contribution is 2.17. The zero-order chi connectivity index (χ0) is 14.4. The number of aliphatic hydroxyl groups excluding tert-OH is 1. The molecule has 1 heterocycles. The zero-order valence-electron chi connectivity index (χ0n) is 11.7. The lowest BCUT2D eigenvalue weighted by Crippen LogP contribution is -2.27. The summed E-state index contributed by atoms with van der Waals surface area (Å²) in [6.07, 6.45) is 3.64. The molecule has 2 N–H and O–H groups in total. The van der Waals surface area contributed by atoms with Crippen molar-refractivity contribution < 1.29 is 5.11 Å². The van der Waals surface area contributed by atoms with Crippen LogP contribution in [-0.2, 0) is 6.54 Å². The third kappa shape index (κ3) is 4.84. The SMILES string of the molecule is CCCCn1ncc(NC(C)CC(C)O)c(Cl)c1=O. The first-order chi connectivity index (χ1) is 8.95. The van der Waals surface area contributed by atoms with Crippen LogP contribution in [0.4, 0.5) is 5.69 Å². The molecule has 0 spiro atoms. The second-order valence-corrected chi connectivity index (χ2v) is 5.26. The molecule has 5 nitrogen and oxygen atoms in total. The van der Waals surface area contributed by atoms with Gasteiger partial charge in [0.05, 0.1) is 18.0 Å². The van der Waals surface area contributed by atoms with Gasteiger partial charge in [0.15, 0.2) is 0 Å². The highest BCUT2D eigenvalue weighted by molar-refractivity contribution is 6.32. The molecular weight excluding hydrogens is 266 g/mol. The van der Waals surface area contributed by atoms with Crippen molar-refractivity contribution in [3.05, 3.63) is 21.6 Å². The minimum absolute atomic E-state index is 0.0187. The fourth-order valence-corrected chi connectivity index (χ4v) is 2.07. The van der Waals surface area contributed by atoms with E-state index in [1.807, 2.05) is 6.92 Å². The molecule has 0 aromatic carbocycles. The smallest absolute Gasteiger partial charge is 0.287 e. The molecule has 0 aliphatic rings. The van der Waals surface area contributed by atoms with Crippen molar-refractivity contribution in [3.63, 3.8) is 0 Å². The van der Waals surface area contributed by atoms with Crippen LogP contribution in [0.25, 0.3) is 0 Å². The molecule has 0 saturated carbocycles. The summed E-state index contributed by atoms with van der Waals surface area (Å²) in [5.41, 5.74) is 0.247. The highest BCUT2D eigenvalue weighted by Gasteiger charge is 2.12. The van der Waals surface area contributed by atoms with Gasteiger partial charge in [-0.25, -0.2) is 4.68 Å². The van der Waals surface area contributed by atoms with Crippen molar-refractivity contribution in [3.8, 4) is 0 Å². The molecule has 19 heavy (non-hydrogen) atoms. The van der Waals surface area contributed by atoms with Crippen LogP contribution in [-0.4, -0.2) is 27.0 Å². The predicted molar refractivity (Wildman–Crippen MR) is 77.8 cm³/mol. The largest absolute Gasteiger partial charge is 0.393 e. The normalized spacial score (nSPS) is 14.2. The van der Waals surface area contributed by atoms with Gasteiger partial charge >= 0.3 is 0 Å². The summed E-state index contributed by atoms with van der Waals surface area (Å²) < 4.78 is 1.39. The van der Waals surface area contributed by atoms with E-state index in [-0.39, 0.29) is 16.6 Å². The van der Waals surface area contributed by atoms with Crippen molar-refractivity contribution in [2.45, 2.75) is 58.7 Å². The fourth-order valence-electron chi connectivity index (χ4n) is 1.87. The standard InChI is InChI=1S/C13H22ClN3O2/c1-4-5-6-17-13(19)12(14)11(8-15-17)16-9(2)7-10(3)18/h8-10,16,18H,4-7H2,1-3H3. The minimum atomic E-state index is -0.404. The van der Waals surface area contributed by atoms with Gasteiger partial charge in [0, 0.05) is 12.6 Å². The van der Waals surface area contributed by atoms with Gasteiger partial charge in [-0.15, -0.1) is 0 Å². The molecule has 0 bridgehead atoms. The summed E-state index contributed by atoms with van der Waals surface area (Å²) in [5, 5.41) is 16.7. The molecule has 0 amide bonds. The van der Waals surface area contributed by atoms with Crippen molar-refractivity contribution in [2.24, 2.45) is 0 Å². The van der Waals surface area contributed by atoms with Gasteiger partial charge in [-0.05, 0) is 26.7 Å². The molecule has 1 aromatic heterocycles. The third-order valence-corrected chi connectivity index (χ3v) is 3.17. The van der Waals surface area contributed by atoms with Crippen LogP contribution in [0, 0.1) is 0 Å². The van der Waals surface area contributed by atoms with E-state index < -0.39 is 6.10 Å². The zero-order valence-corrected chi connectivity index (χ0v) is 12.4. The summed E-state index contributed by atoms with van der Waals surface area (Å²) in [6.45, 7) is 6.28. The fraction of sp³-hybridized carbons (Fsp3) is 0.692. The Bertz CT molecular complexity index is 460. The van der Waals surface area contributed by atoms with Gasteiger partial charge in [-0.1, -0.05) is 24.9 Å². The Balaban J connectivity index is 2.81. The number of rotatable bonds is 7. The number of halogens is 1. The summed E-state index contributed by atoms with van der Waals surface area (Å²) in [6, 6.07) is 0.0187. The van der Waals surface area contributed by atoms with Crippen LogP contribution in [0.3, 0.4) is 0 Å². The predicted octanol–water partition coefficient (Wildman–Crippen LogP) is 2.27. The van der Waals surface area contributed by atoms with Gasteiger partial charge in [0.25, 0.3) is 5.56 Å². The molecule has 6 heteroatoms. The molecule has 2 atom stereocenters. The quantitative estimate of drug-likeness (QED) is 0.807. The van der Waals surface area contributed by atoms with Crippen LogP contribution in [0.2, 0.25) is 5.02 Å². The number of unbranched alkanes of at least 4 members (excludes halogenated alkanes) is 1. The number of aryl methyl sites for hydroxylation is 1. The van der Waals surface area contributed by atoms with Crippen molar-refractivity contribution in [1.29, 1.82) is 0 Å². The first-order valence-corrected chi connectivity index (χ1v) is 7.03. The summed E-state index contributed by atoms with van der Waals surface area (Å²) in [5.74, 6) is 0. The molecule has 2 unspecified atom stereocenters. The highest BCUT2D eigenvalue weighted by atomic mass is 35.5. The van der Waals surface area contributed by atoms with E-state index in [4.69, 9.17) is 11.6 Å². The Labute approximate surface area is 118 Å². The molecule has 0 radical (unpaired) electrons. The number of anilines is 1. The number of aromatic nitrogens is 2. The Morgan fingerprint density at radius 1 is 1.53 bits per heavy atom. The topological polar surface area (TPSA) is 67.2 Å². The van der Waals surface area contributed by atoms with Gasteiger partial charge in [-0.2, -0.15) is 5.10 Å². The van der Waals surface area contributed by atoms with E-state index in [1.54, 1.807) is 13.1 Å². The number of aliphatic hydroxyl groups is 1. The number of nitrogens with one attached hydrogen (secondary N) is 1. The first kappa shape index (κ1) is 16.0. The van der Waals surface area contributed by atoms with Crippen molar-refractivity contribution >= 4 is 17.3 Å². The Morgan fingerprint density at radius 3 is 2.79 bits per heavy atom. The molecule has 108 valence electrons. The average molecular weight is 288 g/mol. The van der Waals surface area contributed by atoms with Gasteiger partial charge in [0.2, 0.25) is 0 Å². The molecule has 1 aromatic rings. The molecule has 1 rings (SSSR count). The van der Waals surface area contributed by atoms with Gasteiger partial charge in [-0.3, -0.25) is 4.79 Å². The maximum Gasteiger partial charge on any atom is 0.287 e. The molecule has 0 aliphatic heterocycles. The Kier molecular flexibility index (Phi) is 6.31. The van der Waals surface area contributed by atoms with Crippen LogP contribution in [0.15, 0.2) is 11.0 Å². The van der Waals surface area contributed by atoms with E-state index in [0.717, 1.165) is 12.8 Å². The Hall–Kier alpha value is -1.07. The number of hydrogen-bond donors (Lipinski definition) is 2. The van der Waals surface area contributed by atoms with Gasteiger partial charge < -0.3 is 10.4 Å². The van der Waals surface area contributed by atoms with Crippen LogP contribution >= 0.6 is 11.6 Å². The lowest BCUT2D eigenvalue weighted by molar-refractivity contribution is 0.179. The molecular formula is C13H22ClN3O2. The first-order valence-electron chi connectivity index (χ1n) is 6.65. The maximum absolute atomic E-state index is 12.0. The molecule has 0 fully saturated rings. The van der Waals surface area contributed by atoms with Crippen LogP contribution in [0.5, 0.6) is 0 Å². The summed E-state index contributed by atoms with van der Waals surface area (Å²) in [4.78, 5) is 12.0.